The zero-order valence-electron chi connectivity index (χ0n) is 16.9. The Balaban J connectivity index is 2.32. The average molecular weight is 386 g/mol. The molecule has 1 aliphatic rings. The highest BCUT2D eigenvalue weighted by atomic mass is 35.5. The van der Waals surface area contributed by atoms with Gasteiger partial charge in [0.15, 0.2) is 0 Å². The topological polar surface area (TPSA) is 29.5 Å². The minimum absolute atomic E-state index is 0.0681. The number of allylic oxidation sites excluding steroid dienone is 2. The molecule has 0 radical (unpaired) electrons. The number of rotatable bonds is 6. The predicted octanol–water partition coefficient (Wildman–Crippen LogP) is 5.65. The Kier molecular flexibility index (Phi) is 7.16. The molecule has 0 unspecified atom stereocenters. The Hall–Kier alpha value is -2.18. The summed E-state index contributed by atoms with van der Waals surface area (Å²) in [4.78, 5) is 14.9. The molecule has 0 aromatic heterocycles. The Morgan fingerprint density at radius 3 is 2.41 bits per heavy atom. The second-order valence-electron chi connectivity index (χ2n) is 7.32. The van der Waals surface area contributed by atoms with E-state index in [0.29, 0.717) is 17.2 Å². The van der Waals surface area contributed by atoms with Crippen molar-refractivity contribution in [3.05, 3.63) is 52.2 Å². The van der Waals surface area contributed by atoms with Gasteiger partial charge in [-0.25, -0.2) is 0 Å². The lowest BCUT2D eigenvalue weighted by Crippen LogP contribution is -2.27. The molecular weight excluding hydrogens is 358 g/mol. The number of amides is 1. The predicted molar refractivity (Wildman–Crippen MR) is 111 cm³/mol. The zero-order valence-corrected chi connectivity index (χ0v) is 17.6. The van der Waals surface area contributed by atoms with Gasteiger partial charge in [0, 0.05) is 16.6 Å². The van der Waals surface area contributed by atoms with Crippen molar-refractivity contribution < 1.29 is 9.53 Å². The Labute approximate surface area is 168 Å². The van der Waals surface area contributed by atoms with Crippen molar-refractivity contribution >= 4 is 17.5 Å². The van der Waals surface area contributed by atoms with Gasteiger partial charge in [0.05, 0.1) is 19.2 Å². The minimum Gasteiger partial charge on any atom is -0.497 e. The van der Waals surface area contributed by atoms with Crippen molar-refractivity contribution in [3.8, 4) is 17.6 Å². The fourth-order valence-electron chi connectivity index (χ4n) is 2.51. The fraction of sp³-hybridized carbons (Fsp3) is 0.435. The van der Waals surface area contributed by atoms with Crippen molar-refractivity contribution in [2.45, 2.75) is 53.5 Å². The van der Waals surface area contributed by atoms with Crippen LogP contribution in [0.15, 0.2) is 46.6 Å². The van der Waals surface area contributed by atoms with Crippen molar-refractivity contribution in [2.75, 3.05) is 7.11 Å². The summed E-state index contributed by atoms with van der Waals surface area (Å²) in [5, 5.41) is 0.549. The molecule has 3 nitrogen and oxygen atoms in total. The Morgan fingerprint density at radius 1 is 1.30 bits per heavy atom. The van der Waals surface area contributed by atoms with E-state index in [1.54, 1.807) is 25.1 Å². The van der Waals surface area contributed by atoms with E-state index in [1.807, 2.05) is 38.1 Å². The van der Waals surface area contributed by atoms with Crippen molar-refractivity contribution in [1.82, 2.24) is 4.90 Å². The number of nitrogens with zero attached hydrogens (tertiary/aromatic N) is 1. The van der Waals surface area contributed by atoms with Gasteiger partial charge in [-0.1, -0.05) is 48.1 Å². The normalized spacial score (nSPS) is 16.0. The molecule has 2 rings (SSSR count). The molecule has 1 aliphatic carbocycles. The van der Waals surface area contributed by atoms with Crippen molar-refractivity contribution in [2.24, 2.45) is 5.41 Å². The SMILES string of the molecule is CC/C(C)=C(\C#CC1(C)CC1)C(=O)N(/C=C(\C)Cl)Cc1ccc(OC)cc1. The molecular formula is C23H28ClNO2. The van der Waals surface area contributed by atoms with Crippen LogP contribution in [-0.2, 0) is 11.3 Å². The first kappa shape index (κ1) is 21.1. The lowest BCUT2D eigenvalue weighted by molar-refractivity contribution is -0.124. The van der Waals surface area contributed by atoms with Gasteiger partial charge in [-0.3, -0.25) is 4.79 Å². The summed E-state index contributed by atoms with van der Waals surface area (Å²) in [7, 11) is 1.63. The summed E-state index contributed by atoms with van der Waals surface area (Å²) >= 11 is 6.10. The maximum atomic E-state index is 13.3. The Bertz CT molecular complexity index is 801. The van der Waals surface area contributed by atoms with Gasteiger partial charge < -0.3 is 9.64 Å². The van der Waals surface area contributed by atoms with Crippen LogP contribution in [0, 0.1) is 17.3 Å². The summed E-state index contributed by atoms with van der Waals surface area (Å²) in [6, 6.07) is 7.67. The number of hydrogen-bond acceptors (Lipinski definition) is 2. The van der Waals surface area contributed by atoms with Crippen LogP contribution < -0.4 is 4.74 Å². The lowest BCUT2D eigenvalue weighted by Gasteiger charge is -2.20. The second kappa shape index (κ2) is 9.15. The first-order chi connectivity index (χ1) is 12.8. The van der Waals surface area contributed by atoms with Crippen molar-refractivity contribution in [3.63, 3.8) is 0 Å². The van der Waals surface area contributed by atoms with E-state index < -0.39 is 0 Å². The monoisotopic (exact) mass is 385 g/mol. The quantitative estimate of drug-likeness (QED) is 0.467. The van der Waals surface area contributed by atoms with Gasteiger partial charge in [0.1, 0.15) is 5.75 Å². The maximum absolute atomic E-state index is 13.3. The highest BCUT2D eigenvalue weighted by Crippen LogP contribution is 2.44. The molecule has 1 aromatic rings. The lowest BCUT2D eigenvalue weighted by atomic mass is 10.0. The molecule has 1 saturated carbocycles. The van der Waals surface area contributed by atoms with Crippen molar-refractivity contribution in [1.29, 1.82) is 0 Å². The zero-order chi connectivity index (χ0) is 20.0. The maximum Gasteiger partial charge on any atom is 0.266 e. The van der Waals surface area contributed by atoms with Crippen LogP contribution in [0.5, 0.6) is 5.75 Å². The molecule has 0 aliphatic heterocycles. The highest BCUT2D eigenvalue weighted by molar-refractivity contribution is 6.29. The first-order valence-corrected chi connectivity index (χ1v) is 9.66. The van der Waals surface area contributed by atoms with Crippen LogP contribution in [0.3, 0.4) is 0 Å². The number of halogens is 1. The third kappa shape index (κ3) is 6.19. The number of benzene rings is 1. The molecule has 0 saturated heterocycles. The number of methoxy groups -OCH3 is 1. The minimum atomic E-state index is -0.109. The van der Waals surface area contributed by atoms with Crippen LogP contribution in [0.1, 0.15) is 52.5 Å². The van der Waals surface area contributed by atoms with Crippen LogP contribution in [0.2, 0.25) is 0 Å². The van der Waals surface area contributed by atoms with Crippen LogP contribution in [0.25, 0.3) is 0 Å². The molecule has 1 amide bonds. The summed E-state index contributed by atoms with van der Waals surface area (Å²) in [6.07, 6.45) is 4.66. The first-order valence-electron chi connectivity index (χ1n) is 9.28. The van der Waals surface area contributed by atoms with E-state index in [4.69, 9.17) is 16.3 Å². The smallest absolute Gasteiger partial charge is 0.266 e. The highest BCUT2D eigenvalue weighted by Gasteiger charge is 2.35. The molecule has 0 heterocycles. The number of ether oxygens (including phenoxy) is 1. The summed E-state index contributed by atoms with van der Waals surface area (Å²) in [5.41, 5.74) is 2.64. The van der Waals surface area contributed by atoms with E-state index in [0.717, 1.165) is 36.1 Å². The molecule has 4 heteroatoms. The summed E-state index contributed by atoms with van der Waals surface area (Å²) < 4.78 is 5.20. The van der Waals surface area contributed by atoms with Crippen LogP contribution in [0.4, 0.5) is 0 Å². The number of carbonyl (C=O) groups excluding carboxylic acids is 1. The van der Waals surface area contributed by atoms with Gasteiger partial charge in [-0.2, -0.15) is 0 Å². The van der Waals surface area contributed by atoms with Gasteiger partial charge in [-0.05, 0) is 57.7 Å². The van der Waals surface area contributed by atoms with Crippen LogP contribution >= 0.6 is 11.6 Å². The largest absolute Gasteiger partial charge is 0.497 e. The molecule has 0 atom stereocenters. The molecule has 0 bridgehead atoms. The molecule has 0 N–H and O–H groups in total. The summed E-state index contributed by atoms with van der Waals surface area (Å²) in [6.45, 7) is 8.34. The number of hydrogen-bond donors (Lipinski definition) is 0. The Morgan fingerprint density at radius 2 is 1.93 bits per heavy atom. The molecule has 1 fully saturated rings. The van der Waals surface area contributed by atoms with E-state index in [1.165, 1.54) is 0 Å². The average Bonchev–Trinajstić information content (AvgIpc) is 3.38. The second-order valence-corrected chi connectivity index (χ2v) is 7.91. The molecule has 0 spiro atoms. The molecule has 144 valence electrons. The third-order valence-corrected chi connectivity index (χ3v) is 4.86. The van der Waals surface area contributed by atoms with Gasteiger partial charge in [0.2, 0.25) is 0 Å². The van der Waals surface area contributed by atoms with E-state index in [-0.39, 0.29) is 11.3 Å². The van der Waals surface area contributed by atoms with E-state index >= 15 is 0 Å². The van der Waals surface area contributed by atoms with Gasteiger partial charge in [-0.15, -0.1) is 0 Å². The van der Waals surface area contributed by atoms with E-state index in [2.05, 4.69) is 18.8 Å². The third-order valence-electron chi connectivity index (χ3n) is 4.77. The molecule has 1 aromatic carbocycles. The number of carbonyl (C=O) groups is 1. The van der Waals surface area contributed by atoms with Gasteiger partial charge in [0.25, 0.3) is 5.91 Å². The fourth-order valence-corrected chi connectivity index (χ4v) is 2.63. The standard InChI is InChI=1S/C23H28ClNO2/c1-6-17(2)21(11-12-23(4)13-14-23)22(26)25(15-18(3)24)16-19-7-9-20(27-5)10-8-19/h7-10,15H,6,13-14,16H2,1-5H3/b18-15+,21-17+. The summed E-state index contributed by atoms with van der Waals surface area (Å²) in [5.74, 6) is 7.14. The van der Waals surface area contributed by atoms with E-state index in [9.17, 15) is 4.79 Å². The molecule has 27 heavy (non-hydrogen) atoms. The van der Waals surface area contributed by atoms with Gasteiger partial charge >= 0.3 is 0 Å². The van der Waals surface area contributed by atoms with Crippen LogP contribution in [-0.4, -0.2) is 17.9 Å².